The van der Waals surface area contributed by atoms with Gasteiger partial charge >= 0.3 is 0 Å². The zero-order valence-electron chi connectivity index (χ0n) is 12.3. The average molecular weight is 334 g/mol. The lowest BCUT2D eigenvalue weighted by molar-refractivity contribution is -0.384. The molecule has 0 saturated carbocycles. The third-order valence-corrected chi connectivity index (χ3v) is 3.60. The molecule has 1 aromatic carbocycles. The van der Waals surface area contributed by atoms with Crippen LogP contribution in [0.15, 0.2) is 41.2 Å². The summed E-state index contributed by atoms with van der Waals surface area (Å²) in [5, 5.41) is 19.3. The molecule has 0 aliphatic rings. The van der Waals surface area contributed by atoms with Crippen molar-refractivity contribution >= 4 is 17.3 Å². The maximum atomic E-state index is 10.7. The van der Waals surface area contributed by atoms with E-state index in [2.05, 4.69) is 15.2 Å². The quantitative estimate of drug-likeness (QED) is 0.536. The summed E-state index contributed by atoms with van der Waals surface area (Å²) >= 11 is 5.89. The van der Waals surface area contributed by atoms with Crippen LogP contribution < -0.4 is 0 Å². The summed E-state index contributed by atoms with van der Waals surface area (Å²) < 4.78 is 6.95. The molecule has 118 valence electrons. The largest absolute Gasteiger partial charge is 0.336 e. The van der Waals surface area contributed by atoms with E-state index in [9.17, 15) is 10.1 Å². The van der Waals surface area contributed by atoms with E-state index in [0.29, 0.717) is 22.3 Å². The minimum atomic E-state index is -0.681. The smallest absolute Gasteiger partial charge is 0.269 e. The zero-order valence-corrected chi connectivity index (χ0v) is 13.1. The van der Waals surface area contributed by atoms with Crippen LogP contribution >= 0.6 is 11.6 Å². The van der Waals surface area contributed by atoms with Crippen molar-refractivity contribution < 1.29 is 9.45 Å². The molecule has 0 saturated heterocycles. The van der Waals surface area contributed by atoms with Crippen LogP contribution in [0.3, 0.4) is 0 Å². The predicted molar refractivity (Wildman–Crippen MR) is 82.0 cm³/mol. The van der Waals surface area contributed by atoms with E-state index in [1.165, 1.54) is 18.3 Å². The SMILES string of the molecule is CC(C)(c1nc(-c2ccc([N+](=O)[O-])cc2)no1)n1cc(Cl)cn1. The number of hydrogen-bond acceptors (Lipinski definition) is 6. The predicted octanol–water partition coefficient (Wildman–Crippen LogP) is 3.28. The highest BCUT2D eigenvalue weighted by atomic mass is 35.5. The van der Waals surface area contributed by atoms with Crippen LogP contribution in [0.2, 0.25) is 5.02 Å². The van der Waals surface area contributed by atoms with Crippen molar-refractivity contribution in [3.8, 4) is 11.4 Å². The number of non-ortho nitro benzene ring substituents is 1. The molecular weight excluding hydrogens is 322 g/mol. The third kappa shape index (κ3) is 2.80. The summed E-state index contributed by atoms with van der Waals surface area (Å²) in [5.74, 6) is 0.701. The molecule has 0 fully saturated rings. The normalized spacial score (nSPS) is 11.6. The lowest BCUT2D eigenvalue weighted by Gasteiger charge is -2.20. The highest BCUT2D eigenvalue weighted by Gasteiger charge is 2.31. The number of benzene rings is 1. The first-order chi connectivity index (χ1) is 10.9. The van der Waals surface area contributed by atoms with Crippen LogP contribution in [-0.2, 0) is 5.54 Å². The number of nitrogens with zero attached hydrogens (tertiary/aromatic N) is 5. The number of hydrogen-bond donors (Lipinski definition) is 0. The first kappa shape index (κ1) is 15.2. The Bertz CT molecular complexity index is 853. The first-order valence-corrected chi connectivity index (χ1v) is 7.05. The van der Waals surface area contributed by atoms with Gasteiger partial charge in [-0.15, -0.1) is 0 Å². The molecule has 23 heavy (non-hydrogen) atoms. The van der Waals surface area contributed by atoms with Crippen molar-refractivity contribution in [1.29, 1.82) is 0 Å². The fourth-order valence-electron chi connectivity index (χ4n) is 2.03. The van der Waals surface area contributed by atoms with Gasteiger partial charge in [0.15, 0.2) is 0 Å². The summed E-state index contributed by atoms with van der Waals surface area (Å²) in [7, 11) is 0. The van der Waals surface area contributed by atoms with Crippen LogP contribution in [0.1, 0.15) is 19.7 Å². The van der Waals surface area contributed by atoms with Gasteiger partial charge in [0.2, 0.25) is 5.82 Å². The van der Waals surface area contributed by atoms with Gasteiger partial charge in [0.1, 0.15) is 5.54 Å². The van der Waals surface area contributed by atoms with Gasteiger partial charge in [0.05, 0.1) is 16.1 Å². The number of rotatable bonds is 4. The maximum absolute atomic E-state index is 10.7. The lowest BCUT2D eigenvalue weighted by atomic mass is 10.1. The van der Waals surface area contributed by atoms with E-state index >= 15 is 0 Å². The second-order valence-electron chi connectivity index (χ2n) is 5.39. The fraction of sp³-hybridized carbons (Fsp3) is 0.214. The van der Waals surface area contributed by atoms with E-state index < -0.39 is 10.5 Å². The van der Waals surface area contributed by atoms with Crippen molar-refractivity contribution in [3.05, 3.63) is 57.7 Å². The van der Waals surface area contributed by atoms with E-state index in [4.69, 9.17) is 16.1 Å². The van der Waals surface area contributed by atoms with E-state index in [1.54, 1.807) is 23.0 Å². The second kappa shape index (κ2) is 5.47. The molecule has 0 atom stereocenters. The Labute approximate surface area is 135 Å². The molecule has 2 heterocycles. The summed E-state index contributed by atoms with van der Waals surface area (Å²) in [6.45, 7) is 3.73. The number of halogens is 1. The second-order valence-corrected chi connectivity index (χ2v) is 5.83. The zero-order chi connectivity index (χ0) is 16.6. The molecule has 9 heteroatoms. The highest BCUT2D eigenvalue weighted by Crippen LogP contribution is 2.27. The molecule has 0 unspecified atom stereocenters. The topological polar surface area (TPSA) is 99.9 Å². The van der Waals surface area contributed by atoms with Gasteiger partial charge < -0.3 is 4.52 Å². The lowest BCUT2D eigenvalue weighted by Crippen LogP contribution is -2.28. The summed E-state index contributed by atoms with van der Waals surface area (Å²) in [6.07, 6.45) is 3.19. The van der Waals surface area contributed by atoms with Crippen LogP contribution in [0.25, 0.3) is 11.4 Å². The molecule has 0 radical (unpaired) electrons. The molecule has 2 aromatic heterocycles. The van der Waals surface area contributed by atoms with Gasteiger partial charge in [0, 0.05) is 23.9 Å². The fourth-order valence-corrected chi connectivity index (χ4v) is 2.16. The minimum Gasteiger partial charge on any atom is -0.336 e. The standard InChI is InChI=1S/C14H12ClN5O3/c1-14(2,19-8-10(15)7-16-19)13-17-12(18-23-13)9-3-5-11(6-4-9)20(21)22/h3-8H,1-2H3. The maximum Gasteiger partial charge on any atom is 0.269 e. The van der Waals surface area contributed by atoms with Gasteiger partial charge in [-0.3, -0.25) is 14.8 Å². The van der Waals surface area contributed by atoms with Crippen molar-refractivity contribution in [1.82, 2.24) is 19.9 Å². The van der Waals surface area contributed by atoms with Crippen LogP contribution in [-0.4, -0.2) is 24.8 Å². The third-order valence-electron chi connectivity index (χ3n) is 3.41. The van der Waals surface area contributed by atoms with Gasteiger partial charge in [-0.2, -0.15) is 10.1 Å². The van der Waals surface area contributed by atoms with Crippen LogP contribution in [0.5, 0.6) is 0 Å². The monoisotopic (exact) mass is 333 g/mol. The number of nitro benzene ring substituents is 1. The molecule has 0 spiro atoms. The van der Waals surface area contributed by atoms with Crippen molar-refractivity contribution in [2.24, 2.45) is 0 Å². The molecule has 3 aromatic rings. The van der Waals surface area contributed by atoms with E-state index in [-0.39, 0.29) is 5.69 Å². The highest BCUT2D eigenvalue weighted by molar-refractivity contribution is 6.30. The Morgan fingerprint density at radius 3 is 2.57 bits per heavy atom. The molecule has 3 rings (SSSR count). The molecular formula is C14H12ClN5O3. The number of aromatic nitrogens is 4. The van der Waals surface area contributed by atoms with Crippen molar-refractivity contribution in [3.63, 3.8) is 0 Å². The van der Waals surface area contributed by atoms with E-state index in [1.807, 2.05) is 13.8 Å². The Balaban J connectivity index is 1.92. The van der Waals surface area contributed by atoms with Gasteiger partial charge in [-0.05, 0) is 26.0 Å². The average Bonchev–Trinajstić information content (AvgIpc) is 3.17. The van der Waals surface area contributed by atoms with Gasteiger partial charge in [-0.25, -0.2) is 0 Å². The summed E-state index contributed by atoms with van der Waals surface area (Å²) in [6, 6.07) is 5.93. The Morgan fingerprint density at radius 2 is 2.00 bits per heavy atom. The van der Waals surface area contributed by atoms with Crippen LogP contribution in [0, 0.1) is 10.1 Å². The molecule has 0 aliphatic carbocycles. The summed E-state index contributed by atoms with van der Waals surface area (Å²) in [5.41, 5.74) is -0.0528. The van der Waals surface area contributed by atoms with Gasteiger partial charge in [0.25, 0.3) is 11.6 Å². The van der Waals surface area contributed by atoms with Crippen molar-refractivity contribution in [2.45, 2.75) is 19.4 Å². The van der Waals surface area contributed by atoms with Gasteiger partial charge in [-0.1, -0.05) is 16.8 Å². The molecule has 0 N–H and O–H groups in total. The Kier molecular flexibility index (Phi) is 3.61. The van der Waals surface area contributed by atoms with Crippen molar-refractivity contribution in [2.75, 3.05) is 0 Å². The molecule has 0 bridgehead atoms. The Morgan fingerprint density at radius 1 is 1.30 bits per heavy atom. The molecule has 0 amide bonds. The molecule has 8 nitrogen and oxygen atoms in total. The van der Waals surface area contributed by atoms with Crippen LogP contribution in [0.4, 0.5) is 5.69 Å². The Hall–Kier alpha value is -2.74. The molecule has 0 aliphatic heterocycles. The minimum absolute atomic E-state index is 0.00369. The summed E-state index contributed by atoms with van der Waals surface area (Å²) in [4.78, 5) is 14.6. The first-order valence-electron chi connectivity index (χ1n) is 6.67. The number of nitro groups is 1. The van der Waals surface area contributed by atoms with E-state index in [0.717, 1.165) is 0 Å².